The number of hydrogen-bond acceptors (Lipinski definition) is 8. The maximum absolute atomic E-state index is 13.7. The SMILES string of the molecule is O=C(O)Nc1ccc(C(=O)N[C@@H](CC(=O)NS(=O)(=O)C2CC2)C(=O)N2CC[C@@]3(C2)OC(=O)Nc2ccc(Cl)cc23)cc1. The zero-order valence-corrected chi connectivity index (χ0v) is 23.5. The van der Waals surface area contributed by atoms with Crippen molar-refractivity contribution in [3.05, 3.63) is 58.6 Å². The first-order valence-corrected chi connectivity index (χ1v) is 14.8. The van der Waals surface area contributed by atoms with Crippen molar-refractivity contribution in [2.45, 2.75) is 42.6 Å². The maximum Gasteiger partial charge on any atom is 0.412 e. The number of benzene rings is 2. The van der Waals surface area contributed by atoms with E-state index in [2.05, 4.69) is 16.0 Å². The molecule has 2 aromatic rings. The lowest BCUT2D eigenvalue weighted by atomic mass is 9.90. The number of likely N-dealkylation sites (tertiary alicyclic amines) is 1. The molecule has 16 heteroatoms. The van der Waals surface area contributed by atoms with Crippen LogP contribution in [0.4, 0.5) is 21.0 Å². The van der Waals surface area contributed by atoms with Crippen molar-refractivity contribution in [1.29, 1.82) is 0 Å². The highest BCUT2D eigenvalue weighted by molar-refractivity contribution is 7.90. The lowest BCUT2D eigenvalue weighted by molar-refractivity contribution is -0.135. The zero-order chi connectivity index (χ0) is 30.2. The lowest BCUT2D eigenvalue weighted by Gasteiger charge is -2.35. The largest absolute Gasteiger partial charge is 0.465 e. The Morgan fingerprint density at radius 1 is 1.14 bits per heavy atom. The van der Waals surface area contributed by atoms with Gasteiger partial charge < -0.3 is 20.1 Å². The zero-order valence-electron chi connectivity index (χ0n) is 21.9. The van der Waals surface area contributed by atoms with E-state index in [-0.39, 0.29) is 30.8 Å². The van der Waals surface area contributed by atoms with Crippen LogP contribution in [-0.2, 0) is 30.0 Å². The van der Waals surface area contributed by atoms with Gasteiger partial charge in [0.2, 0.25) is 21.8 Å². The van der Waals surface area contributed by atoms with Gasteiger partial charge in [0.25, 0.3) is 5.91 Å². The minimum absolute atomic E-state index is 0.0588. The summed E-state index contributed by atoms with van der Waals surface area (Å²) in [4.78, 5) is 64.1. The molecule has 5 amide bonds. The van der Waals surface area contributed by atoms with Crippen LogP contribution < -0.4 is 20.7 Å². The van der Waals surface area contributed by atoms with E-state index >= 15 is 0 Å². The summed E-state index contributed by atoms with van der Waals surface area (Å²) in [6.45, 7) is -0.00149. The van der Waals surface area contributed by atoms with Crippen LogP contribution in [0.5, 0.6) is 0 Å². The maximum atomic E-state index is 13.7. The van der Waals surface area contributed by atoms with Gasteiger partial charge in [-0.15, -0.1) is 0 Å². The summed E-state index contributed by atoms with van der Waals surface area (Å²) in [7, 11) is -3.91. The Morgan fingerprint density at radius 3 is 2.52 bits per heavy atom. The minimum atomic E-state index is -3.91. The quantitative estimate of drug-likeness (QED) is 0.294. The van der Waals surface area contributed by atoms with Gasteiger partial charge in [0.05, 0.1) is 23.9 Å². The van der Waals surface area contributed by atoms with Crippen LogP contribution in [0.1, 0.15) is 41.6 Å². The van der Waals surface area contributed by atoms with Crippen molar-refractivity contribution in [3.63, 3.8) is 0 Å². The molecular weight excluding hydrogens is 594 g/mol. The van der Waals surface area contributed by atoms with E-state index in [4.69, 9.17) is 21.4 Å². The van der Waals surface area contributed by atoms with Crippen molar-refractivity contribution < 1.29 is 42.2 Å². The van der Waals surface area contributed by atoms with Gasteiger partial charge in [0.15, 0.2) is 5.60 Å². The Hall–Kier alpha value is -4.37. The number of carboxylic acid groups (broad SMARTS) is 1. The van der Waals surface area contributed by atoms with Gasteiger partial charge in [-0.3, -0.25) is 29.7 Å². The number of sulfonamides is 1. The summed E-state index contributed by atoms with van der Waals surface area (Å²) in [6, 6.07) is 8.69. The lowest BCUT2D eigenvalue weighted by Crippen LogP contribution is -2.51. The molecule has 14 nitrogen and oxygen atoms in total. The smallest absolute Gasteiger partial charge is 0.412 e. The van der Waals surface area contributed by atoms with Crippen LogP contribution in [-0.4, -0.2) is 72.7 Å². The number of hydrogen-bond donors (Lipinski definition) is 5. The molecule has 2 heterocycles. The second-order valence-electron chi connectivity index (χ2n) is 10.2. The summed E-state index contributed by atoms with van der Waals surface area (Å²) in [5.74, 6) is -2.42. The molecule has 2 atom stereocenters. The number of fused-ring (bicyclic) bond motifs is 2. The van der Waals surface area contributed by atoms with E-state index in [9.17, 15) is 32.4 Å². The fraction of sp³-hybridized carbons (Fsp3) is 0.346. The molecule has 1 spiro atoms. The Kier molecular flexibility index (Phi) is 7.72. The van der Waals surface area contributed by atoms with E-state index in [1.165, 1.54) is 29.2 Å². The molecule has 2 fully saturated rings. The first kappa shape index (κ1) is 29.1. The van der Waals surface area contributed by atoms with Crippen molar-refractivity contribution in [3.8, 4) is 0 Å². The van der Waals surface area contributed by atoms with Crippen LogP contribution in [0, 0.1) is 0 Å². The summed E-state index contributed by atoms with van der Waals surface area (Å²) >= 11 is 6.19. The normalized spacial score (nSPS) is 20.1. The topological polar surface area (TPSA) is 200 Å². The van der Waals surface area contributed by atoms with Gasteiger partial charge in [-0.05, 0) is 55.3 Å². The Labute approximate surface area is 244 Å². The highest BCUT2D eigenvalue weighted by atomic mass is 35.5. The summed E-state index contributed by atoms with van der Waals surface area (Å²) in [5.41, 5.74) is 0.0744. The molecule has 0 radical (unpaired) electrons. The molecule has 0 aromatic heterocycles. The van der Waals surface area contributed by atoms with Crippen LogP contribution in [0.3, 0.4) is 0 Å². The van der Waals surface area contributed by atoms with Crippen LogP contribution in [0.2, 0.25) is 5.02 Å². The number of anilines is 2. The molecule has 222 valence electrons. The average Bonchev–Trinajstić information content (AvgIpc) is 3.70. The van der Waals surface area contributed by atoms with E-state index in [0.717, 1.165) is 0 Å². The molecular formula is C26H26ClN5O9S. The second kappa shape index (κ2) is 11.1. The first-order valence-electron chi connectivity index (χ1n) is 12.9. The molecule has 2 aromatic carbocycles. The van der Waals surface area contributed by atoms with Gasteiger partial charge in [0, 0.05) is 34.8 Å². The van der Waals surface area contributed by atoms with E-state index in [0.29, 0.717) is 29.1 Å². The number of ether oxygens (including phenoxy) is 1. The van der Waals surface area contributed by atoms with E-state index in [1.807, 2.05) is 4.72 Å². The van der Waals surface area contributed by atoms with Crippen LogP contribution >= 0.6 is 11.6 Å². The standard InChI is InChI=1S/C26H26ClN5O9S/c27-15-3-8-19-18(11-15)26(41-25(38)30-19)9-10-32(13-26)23(35)20(12-21(33)31-42(39,40)17-6-7-17)29-22(34)14-1-4-16(5-2-14)28-24(36)37/h1-5,8,11,17,20,28H,6-7,9-10,12-13H2,(H,29,34)(H,30,38)(H,31,33)(H,36,37)/t20-,26-/m0/s1. The van der Waals surface area contributed by atoms with Crippen molar-refractivity contribution >= 4 is 62.9 Å². The fourth-order valence-corrected chi connectivity index (χ4v) is 6.48. The Morgan fingerprint density at radius 2 is 1.86 bits per heavy atom. The van der Waals surface area contributed by atoms with Gasteiger partial charge in [0.1, 0.15) is 6.04 Å². The van der Waals surface area contributed by atoms with Gasteiger partial charge in [-0.1, -0.05) is 11.6 Å². The van der Waals surface area contributed by atoms with Crippen molar-refractivity contribution in [1.82, 2.24) is 14.9 Å². The molecule has 3 aliphatic rings. The number of carbonyl (C=O) groups is 5. The van der Waals surface area contributed by atoms with Crippen molar-refractivity contribution in [2.75, 3.05) is 23.7 Å². The number of nitrogens with zero attached hydrogens (tertiary/aromatic N) is 1. The Bertz CT molecular complexity index is 1580. The van der Waals surface area contributed by atoms with Crippen molar-refractivity contribution in [2.24, 2.45) is 0 Å². The highest BCUT2D eigenvalue weighted by Crippen LogP contribution is 2.44. The predicted octanol–water partition coefficient (Wildman–Crippen LogP) is 2.22. The number of halogens is 1. The molecule has 1 aliphatic carbocycles. The van der Waals surface area contributed by atoms with E-state index < -0.39 is 63.2 Å². The van der Waals surface area contributed by atoms with Crippen LogP contribution in [0.25, 0.3) is 0 Å². The Balaban J connectivity index is 1.36. The predicted molar refractivity (Wildman–Crippen MR) is 148 cm³/mol. The highest BCUT2D eigenvalue weighted by Gasteiger charge is 2.49. The number of rotatable bonds is 8. The molecule has 0 unspecified atom stereocenters. The molecule has 5 rings (SSSR count). The molecule has 0 bridgehead atoms. The third-order valence-electron chi connectivity index (χ3n) is 7.15. The summed E-state index contributed by atoms with van der Waals surface area (Å²) in [6.07, 6.45) is -1.64. The number of nitrogens with one attached hydrogen (secondary N) is 4. The fourth-order valence-electron chi connectivity index (χ4n) is 4.98. The third kappa shape index (κ3) is 6.26. The second-order valence-corrected chi connectivity index (χ2v) is 12.6. The van der Waals surface area contributed by atoms with E-state index in [1.54, 1.807) is 18.2 Å². The summed E-state index contributed by atoms with van der Waals surface area (Å²) < 4.78 is 32.2. The first-order chi connectivity index (χ1) is 19.8. The van der Waals surface area contributed by atoms with Gasteiger partial charge in [-0.25, -0.2) is 18.0 Å². The third-order valence-corrected chi connectivity index (χ3v) is 9.25. The number of amides is 5. The molecule has 42 heavy (non-hydrogen) atoms. The van der Waals surface area contributed by atoms with Crippen LogP contribution in [0.15, 0.2) is 42.5 Å². The monoisotopic (exact) mass is 619 g/mol. The van der Waals surface area contributed by atoms with Gasteiger partial charge >= 0.3 is 12.2 Å². The molecule has 2 aliphatic heterocycles. The number of carbonyl (C=O) groups excluding carboxylic acids is 4. The average molecular weight is 620 g/mol. The molecule has 1 saturated heterocycles. The minimum Gasteiger partial charge on any atom is -0.465 e. The van der Waals surface area contributed by atoms with Gasteiger partial charge in [-0.2, -0.15) is 0 Å². The summed E-state index contributed by atoms with van der Waals surface area (Å²) in [5, 5.41) is 15.8. The molecule has 1 saturated carbocycles. The molecule has 5 N–H and O–H groups in total.